The second-order valence-corrected chi connectivity index (χ2v) is 7.19. The van der Waals surface area contributed by atoms with Crippen molar-refractivity contribution in [3.05, 3.63) is 35.8 Å². The summed E-state index contributed by atoms with van der Waals surface area (Å²) < 4.78 is 8.45. The van der Waals surface area contributed by atoms with Gasteiger partial charge < -0.3 is 19.9 Å². The zero-order chi connectivity index (χ0) is 22.0. The molecule has 0 atom stereocenters. The Morgan fingerprint density at radius 2 is 1.97 bits per heavy atom. The fourth-order valence-electron chi connectivity index (χ4n) is 3.58. The van der Waals surface area contributed by atoms with Gasteiger partial charge in [0.25, 0.3) is 11.8 Å². The average Bonchev–Trinajstić information content (AvgIpc) is 3.38. The lowest BCUT2D eigenvalue weighted by Gasteiger charge is -2.25. The first-order chi connectivity index (χ1) is 15.0. The third-order valence-corrected chi connectivity index (χ3v) is 5.31. The van der Waals surface area contributed by atoms with Crippen LogP contribution >= 0.6 is 0 Å². The molecule has 0 unspecified atom stereocenters. The Bertz CT molecular complexity index is 1100. The highest BCUT2D eigenvalue weighted by molar-refractivity contribution is 6.11. The highest BCUT2D eigenvalue weighted by atomic mass is 16.5. The number of aromatic nitrogens is 5. The predicted molar refractivity (Wildman–Crippen MR) is 114 cm³/mol. The van der Waals surface area contributed by atoms with Crippen molar-refractivity contribution in [2.45, 2.75) is 13.8 Å². The molecule has 11 heteroatoms. The van der Waals surface area contributed by atoms with Crippen molar-refractivity contribution < 1.29 is 14.3 Å². The Morgan fingerprint density at radius 3 is 2.68 bits per heavy atom. The summed E-state index contributed by atoms with van der Waals surface area (Å²) >= 11 is 0. The van der Waals surface area contributed by atoms with E-state index in [1.54, 1.807) is 34.8 Å². The number of nitrogens with zero attached hydrogens (tertiary/aromatic N) is 7. The van der Waals surface area contributed by atoms with Gasteiger partial charge in [-0.25, -0.2) is 4.52 Å². The van der Waals surface area contributed by atoms with Crippen LogP contribution in [0.5, 0.6) is 0 Å². The van der Waals surface area contributed by atoms with Gasteiger partial charge in [0.15, 0.2) is 5.65 Å². The third-order valence-electron chi connectivity index (χ3n) is 5.31. The number of carbonyl (C=O) groups excluding carboxylic acids is 2. The average molecular weight is 426 g/mol. The zero-order valence-electron chi connectivity index (χ0n) is 17.9. The van der Waals surface area contributed by atoms with Gasteiger partial charge in [0.1, 0.15) is 5.69 Å². The van der Waals surface area contributed by atoms with Crippen LogP contribution in [0, 0.1) is 0 Å². The standard InChI is InChI=1S/C20H26N8O3/c1-4-26(5-2)19(30)15-13-21-25(3)17(15)18(29)22-14-6-7-28-16(12-14)23-20(24-28)27-8-10-31-11-9-27/h6-7,12-13H,4-5,8-11H2,1-3H3,(H,22,29). The molecule has 1 aliphatic rings. The highest BCUT2D eigenvalue weighted by Gasteiger charge is 2.25. The van der Waals surface area contributed by atoms with Crippen molar-refractivity contribution in [3.63, 3.8) is 0 Å². The molecule has 2 amide bonds. The summed E-state index contributed by atoms with van der Waals surface area (Å²) in [5, 5.41) is 11.5. The van der Waals surface area contributed by atoms with Gasteiger partial charge in [-0.2, -0.15) is 10.1 Å². The number of morpholine rings is 1. The number of amides is 2. The smallest absolute Gasteiger partial charge is 0.274 e. The number of pyridine rings is 1. The van der Waals surface area contributed by atoms with Crippen LogP contribution < -0.4 is 10.2 Å². The van der Waals surface area contributed by atoms with Crippen LogP contribution in [-0.2, 0) is 11.8 Å². The number of hydrogen-bond acceptors (Lipinski definition) is 7. The first kappa shape index (κ1) is 20.8. The molecule has 1 aliphatic heterocycles. The molecule has 4 heterocycles. The van der Waals surface area contributed by atoms with Crippen molar-refractivity contribution in [2.24, 2.45) is 7.05 Å². The van der Waals surface area contributed by atoms with E-state index in [0.717, 1.165) is 13.1 Å². The molecule has 1 fully saturated rings. The van der Waals surface area contributed by atoms with Gasteiger partial charge in [-0.05, 0) is 19.9 Å². The molecule has 1 saturated heterocycles. The minimum absolute atomic E-state index is 0.215. The zero-order valence-corrected chi connectivity index (χ0v) is 17.9. The van der Waals surface area contributed by atoms with Gasteiger partial charge >= 0.3 is 0 Å². The van der Waals surface area contributed by atoms with Crippen LogP contribution in [-0.4, -0.2) is 80.5 Å². The van der Waals surface area contributed by atoms with Crippen molar-refractivity contribution in [1.82, 2.24) is 29.3 Å². The van der Waals surface area contributed by atoms with Crippen molar-refractivity contribution >= 4 is 29.1 Å². The number of hydrogen-bond donors (Lipinski definition) is 1. The fourth-order valence-corrected chi connectivity index (χ4v) is 3.58. The number of nitrogens with one attached hydrogen (secondary N) is 1. The number of carbonyl (C=O) groups is 2. The molecule has 0 radical (unpaired) electrons. The quantitative estimate of drug-likeness (QED) is 0.627. The monoisotopic (exact) mass is 426 g/mol. The summed E-state index contributed by atoms with van der Waals surface area (Å²) in [6.07, 6.45) is 3.18. The van der Waals surface area contributed by atoms with E-state index in [4.69, 9.17) is 4.74 Å². The lowest BCUT2D eigenvalue weighted by Crippen LogP contribution is -2.36. The molecule has 0 saturated carbocycles. The van der Waals surface area contributed by atoms with Gasteiger partial charge in [-0.3, -0.25) is 14.3 Å². The first-order valence-electron chi connectivity index (χ1n) is 10.3. The summed E-state index contributed by atoms with van der Waals surface area (Å²) in [7, 11) is 1.64. The third kappa shape index (κ3) is 4.08. The molecule has 0 bridgehead atoms. The van der Waals surface area contributed by atoms with Crippen LogP contribution in [0.1, 0.15) is 34.7 Å². The Hall–Kier alpha value is -3.47. The Morgan fingerprint density at radius 1 is 1.23 bits per heavy atom. The second-order valence-electron chi connectivity index (χ2n) is 7.19. The van der Waals surface area contributed by atoms with E-state index in [2.05, 4.69) is 25.4 Å². The van der Waals surface area contributed by atoms with Crippen molar-refractivity contribution in [1.29, 1.82) is 0 Å². The summed E-state index contributed by atoms with van der Waals surface area (Å²) in [6, 6.07) is 3.49. The lowest BCUT2D eigenvalue weighted by atomic mass is 10.2. The largest absolute Gasteiger partial charge is 0.378 e. The SMILES string of the molecule is CCN(CC)C(=O)c1cnn(C)c1C(=O)Nc1ccn2nc(N3CCOCC3)nc2c1. The molecule has 31 heavy (non-hydrogen) atoms. The van der Waals surface area contributed by atoms with Gasteiger partial charge in [0.2, 0.25) is 5.95 Å². The molecular formula is C20H26N8O3. The fraction of sp³-hybridized carbons (Fsp3) is 0.450. The molecule has 11 nitrogen and oxygen atoms in total. The minimum Gasteiger partial charge on any atom is -0.378 e. The molecular weight excluding hydrogens is 400 g/mol. The number of aryl methyl sites for hydroxylation is 1. The highest BCUT2D eigenvalue weighted by Crippen LogP contribution is 2.18. The topological polar surface area (TPSA) is 110 Å². The lowest BCUT2D eigenvalue weighted by molar-refractivity contribution is 0.0767. The molecule has 1 N–H and O–H groups in total. The summed E-state index contributed by atoms with van der Waals surface area (Å²) in [6.45, 7) is 7.69. The van der Waals surface area contributed by atoms with E-state index >= 15 is 0 Å². The van der Waals surface area contributed by atoms with Gasteiger partial charge in [-0.15, -0.1) is 5.10 Å². The first-order valence-corrected chi connectivity index (χ1v) is 10.3. The predicted octanol–water partition coefficient (Wildman–Crippen LogP) is 1.03. The molecule has 3 aromatic heterocycles. The summed E-state index contributed by atoms with van der Waals surface area (Å²) in [5.74, 6) is 0.00426. The van der Waals surface area contributed by atoms with Crippen LogP contribution in [0.25, 0.3) is 5.65 Å². The Labute approximate surface area is 179 Å². The number of anilines is 2. The van der Waals surface area contributed by atoms with Crippen LogP contribution in [0.3, 0.4) is 0 Å². The van der Waals surface area contributed by atoms with E-state index in [9.17, 15) is 9.59 Å². The van der Waals surface area contributed by atoms with Gasteiger partial charge in [0.05, 0.1) is 25.0 Å². The van der Waals surface area contributed by atoms with Crippen LogP contribution in [0.15, 0.2) is 24.5 Å². The molecule has 4 rings (SSSR count). The number of ether oxygens (including phenoxy) is 1. The maximum absolute atomic E-state index is 13.0. The van der Waals surface area contributed by atoms with Crippen LogP contribution in [0.2, 0.25) is 0 Å². The van der Waals surface area contributed by atoms with E-state index in [-0.39, 0.29) is 17.2 Å². The molecule has 0 aromatic carbocycles. The van der Waals surface area contributed by atoms with Crippen molar-refractivity contribution in [3.8, 4) is 0 Å². The molecule has 164 valence electrons. The second kappa shape index (κ2) is 8.72. The normalized spacial score (nSPS) is 14.1. The Kier molecular flexibility index (Phi) is 5.85. The summed E-state index contributed by atoms with van der Waals surface area (Å²) in [5.41, 5.74) is 1.67. The van der Waals surface area contributed by atoms with Gasteiger partial charge in [-0.1, -0.05) is 0 Å². The summed E-state index contributed by atoms with van der Waals surface area (Å²) in [4.78, 5) is 34.1. The van der Waals surface area contributed by atoms with E-state index in [1.165, 1.54) is 10.9 Å². The van der Waals surface area contributed by atoms with Gasteiger partial charge in [0, 0.05) is 51.2 Å². The van der Waals surface area contributed by atoms with E-state index in [0.29, 0.717) is 43.6 Å². The van der Waals surface area contributed by atoms with E-state index in [1.807, 2.05) is 13.8 Å². The Balaban J connectivity index is 1.56. The minimum atomic E-state index is -0.409. The maximum atomic E-state index is 13.0. The van der Waals surface area contributed by atoms with Crippen molar-refractivity contribution in [2.75, 3.05) is 49.6 Å². The maximum Gasteiger partial charge on any atom is 0.274 e. The molecule has 0 aliphatic carbocycles. The number of rotatable bonds is 6. The molecule has 0 spiro atoms. The number of fused-ring (bicyclic) bond motifs is 1. The van der Waals surface area contributed by atoms with E-state index < -0.39 is 5.91 Å². The molecule has 3 aromatic rings. The van der Waals surface area contributed by atoms with Crippen LogP contribution in [0.4, 0.5) is 11.6 Å².